The molecule has 3 aromatic carbocycles. The van der Waals surface area contributed by atoms with Gasteiger partial charge in [-0.3, -0.25) is 9.59 Å². The number of carbonyl (C=O) groups is 2. The van der Waals surface area contributed by atoms with Gasteiger partial charge >= 0.3 is 0 Å². The summed E-state index contributed by atoms with van der Waals surface area (Å²) < 4.78 is 0.824. The Bertz CT molecular complexity index is 1160. The van der Waals surface area contributed by atoms with E-state index in [0.29, 0.717) is 23.6 Å². The Balaban J connectivity index is 1.79. The second-order valence-corrected chi connectivity index (χ2v) is 8.64. The Morgan fingerprint density at radius 3 is 2.35 bits per heavy atom. The van der Waals surface area contributed by atoms with E-state index in [4.69, 9.17) is 11.6 Å². The van der Waals surface area contributed by atoms with Crippen molar-refractivity contribution in [3.63, 3.8) is 0 Å². The molecule has 156 valence electrons. The normalized spacial score (nSPS) is 17.9. The third-order valence-corrected chi connectivity index (χ3v) is 6.05. The Labute approximate surface area is 193 Å². The van der Waals surface area contributed by atoms with Crippen molar-refractivity contribution in [3.8, 4) is 0 Å². The summed E-state index contributed by atoms with van der Waals surface area (Å²) in [4.78, 5) is 27.6. The second kappa shape index (κ2) is 9.08. The standard InChI is InChI=1S/C25H19BrClNO3/c26-19-8-4-7-18(15-19)22-21(23(29)17-9-11-20(27)12-10-17)24(30)25(31)28(22)14-13-16-5-2-1-3-6-16/h1-12,15,22,29H,13-14H2. The fraction of sp³-hybridized carbons (Fsp3) is 0.120. The number of amides is 1. The lowest BCUT2D eigenvalue weighted by Crippen LogP contribution is -2.31. The number of likely N-dealkylation sites (tertiary alicyclic amines) is 1. The van der Waals surface area contributed by atoms with Crippen LogP contribution in [0.25, 0.3) is 5.76 Å². The summed E-state index contributed by atoms with van der Waals surface area (Å²) in [5.41, 5.74) is 2.33. The van der Waals surface area contributed by atoms with Crippen LogP contribution in [-0.4, -0.2) is 28.2 Å². The van der Waals surface area contributed by atoms with Gasteiger partial charge in [-0.15, -0.1) is 0 Å². The smallest absolute Gasteiger partial charge is 0.295 e. The molecule has 1 N–H and O–H groups in total. The van der Waals surface area contributed by atoms with Crippen LogP contribution in [0.15, 0.2) is 88.9 Å². The average molecular weight is 497 g/mol. The highest BCUT2D eigenvalue weighted by Gasteiger charge is 2.45. The summed E-state index contributed by atoms with van der Waals surface area (Å²) in [5, 5.41) is 11.5. The third kappa shape index (κ3) is 4.43. The predicted octanol–water partition coefficient (Wildman–Crippen LogP) is 5.77. The van der Waals surface area contributed by atoms with Crippen molar-refractivity contribution in [1.29, 1.82) is 0 Å². The number of halogens is 2. The lowest BCUT2D eigenvalue weighted by molar-refractivity contribution is -0.139. The van der Waals surface area contributed by atoms with Gasteiger partial charge in [-0.25, -0.2) is 0 Å². The molecule has 0 radical (unpaired) electrons. The molecule has 0 aliphatic carbocycles. The number of benzene rings is 3. The quantitative estimate of drug-likeness (QED) is 0.277. The van der Waals surface area contributed by atoms with Gasteiger partial charge in [0, 0.05) is 21.6 Å². The van der Waals surface area contributed by atoms with Crippen LogP contribution in [0.4, 0.5) is 0 Å². The van der Waals surface area contributed by atoms with Crippen LogP contribution < -0.4 is 0 Å². The first-order valence-corrected chi connectivity index (χ1v) is 11.0. The SMILES string of the molecule is O=C1C(=O)N(CCc2ccccc2)C(c2cccc(Br)c2)C1=C(O)c1ccc(Cl)cc1. The highest BCUT2D eigenvalue weighted by molar-refractivity contribution is 9.10. The molecule has 1 fully saturated rings. The summed E-state index contributed by atoms with van der Waals surface area (Å²) in [6.07, 6.45) is 0.597. The molecule has 31 heavy (non-hydrogen) atoms. The number of nitrogens with zero attached hydrogens (tertiary/aromatic N) is 1. The Kier molecular flexibility index (Phi) is 6.25. The van der Waals surface area contributed by atoms with Gasteiger partial charge in [0.2, 0.25) is 0 Å². The summed E-state index contributed by atoms with van der Waals surface area (Å²) in [6, 6.07) is 23.1. The first kappa shape index (κ1) is 21.3. The minimum Gasteiger partial charge on any atom is -0.507 e. The lowest BCUT2D eigenvalue weighted by Gasteiger charge is -2.25. The largest absolute Gasteiger partial charge is 0.507 e. The summed E-state index contributed by atoms with van der Waals surface area (Å²) in [5.74, 6) is -1.51. The number of aliphatic hydroxyl groups is 1. The third-order valence-electron chi connectivity index (χ3n) is 5.31. The van der Waals surface area contributed by atoms with Crippen LogP contribution >= 0.6 is 27.5 Å². The van der Waals surface area contributed by atoms with Crippen molar-refractivity contribution < 1.29 is 14.7 Å². The molecule has 0 bridgehead atoms. The summed E-state index contributed by atoms with van der Waals surface area (Å²) >= 11 is 9.42. The minimum atomic E-state index is -0.689. The first-order chi connectivity index (χ1) is 15.0. The van der Waals surface area contributed by atoms with Crippen molar-refractivity contribution in [1.82, 2.24) is 4.90 Å². The number of aliphatic hydroxyl groups excluding tert-OH is 1. The zero-order chi connectivity index (χ0) is 22.0. The molecule has 1 heterocycles. The van der Waals surface area contributed by atoms with E-state index in [-0.39, 0.29) is 11.3 Å². The number of Topliss-reactive ketones (excluding diaryl/α,β-unsaturated/α-hetero) is 1. The molecule has 1 atom stereocenters. The van der Waals surface area contributed by atoms with Gasteiger partial charge < -0.3 is 10.0 Å². The highest BCUT2D eigenvalue weighted by atomic mass is 79.9. The summed E-state index contributed by atoms with van der Waals surface area (Å²) in [7, 11) is 0. The van der Waals surface area contributed by atoms with E-state index in [1.807, 2.05) is 54.6 Å². The maximum Gasteiger partial charge on any atom is 0.295 e. The first-order valence-electron chi connectivity index (χ1n) is 9.79. The fourth-order valence-electron chi connectivity index (χ4n) is 3.79. The zero-order valence-corrected chi connectivity index (χ0v) is 18.8. The fourth-order valence-corrected chi connectivity index (χ4v) is 4.33. The molecule has 0 aromatic heterocycles. The molecule has 3 aromatic rings. The lowest BCUT2D eigenvalue weighted by atomic mass is 9.95. The molecule has 0 spiro atoms. The van der Waals surface area contributed by atoms with Gasteiger partial charge in [0.15, 0.2) is 0 Å². The number of hydrogen-bond donors (Lipinski definition) is 1. The topological polar surface area (TPSA) is 57.6 Å². The predicted molar refractivity (Wildman–Crippen MR) is 125 cm³/mol. The van der Waals surface area contributed by atoms with Gasteiger partial charge in [0.05, 0.1) is 11.6 Å². The van der Waals surface area contributed by atoms with Crippen LogP contribution in [0.1, 0.15) is 22.7 Å². The second-order valence-electron chi connectivity index (χ2n) is 7.29. The molecular formula is C25H19BrClNO3. The highest BCUT2D eigenvalue weighted by Crippen LogP contribution is 2.40. The molecule has 4 nitrogen and oxygen atoms in total. The molecule has 6 heteroatoms. The molecular weight excluding hydrogens is 478 g/mol. The Morgan fingerprint density at radius 2 is 1.68 bits per heavy atom. The minimum absolute atomic E-state index is 0.0819. The van der Waals surface area contributed by atoms with Gasteiger partial charge in [0.1, 0.15) is 5.76 Å². The van der Waals surface area contributed by atoms with Crippen molar-refractivity contribution in [2.45, 2.75) is 12.5 Å². The van der Waals surface area contributed by atoms with Crippen molar-refractivity contribution >= 4 is 45.0 Å². The molecule has 1 unspecified atom stereocenters. The van der Waals surface area contributed by atoms with Gasteiger partial charge in [-0.2, -0.15) is 0 Å². The molecule has 4 rings (SSSR count). The number of ketones is 1. The maximum atomic E-state index is 13.0. The van der Waals surface area contributed by atoms with E-state index in [1.165, 1.54) is 0 Å². The molecule has 1 amide bonds. The van der Waals surface area contributed by atoms with Crippen LogP contribution in [0, 0.1) is 0 Å². The van der Waals surface area contributed by atoms with E-state index in [9.17, 15) is 14.7 Å². The van der Waals surface area contributed by atoms with Crippen LogP contribution in [0.3, 0.4) is 0 Å². The Hall–Kier alpha value is -2.89. The van der Waals surface area contributed by atoms with E-state index in [1.54, 1.807) is 29.2 Å². The zero-order valence-electron chi connectivity index (χ0n) is 16.5. The van der Waals surface area contributed by atoms with Crippen LogP contribution in [0.5, 0.6) is 0 Å². The monoisotopic (exact) mass is 495 g/mol. The van der Waals surface area contributed by atoms with Crippen LogP contribution in [-0.2, 0) is 16.0 Å². The van der Waals surface area contributed by atoms with Crippen molar-refractivity contribution in [2.24, 2.45) is 0 Å². The molecule has 0 saturated carbocycles. The number of carbonyl (C=O) groups excluding carboxylic acids is 2. The number of rotatable bonds is 5. The molecule has 1 aliphatic heterocycles. The van der Waals surface area contributed by atoms with E-state index < -0.39 is 17.7 Å². The Morgan fingerprint density at radius 1 is 0.968 bits per heavy atom. The van der Waals surface area contributed by atoms with E-state index in [0.717, 1.165) is 15.6 Å². The maximum absolute atomic E-state index is 13.0. The molecule has 1 aliphatic rings. The van der Waals surface area contributed by atoms with E-state index in [2.05, 4.69) is 15.9 Å². The van der Waals surface area contributed by atoms with Crippen molar-refractivity contribution in [3.05, 3.63) is 111 Å². The van der Waals surface area contributed by atoms with E-state index >= 15 is 0 Å². The van der Waals surface area contributed by atoms with Crippen molar-refractivity contribution in [2.75, 3.05) is 6.54 Å². The average Bonchev–Trinajstić information content (AvgIpc) is 3.03. The van der Waals surface area contributed by atoms with Gasteiger partial charge in [-0.05, 0) is 53.9 Å². The van der Waals surface area contributed by atoms with Gasteiger partial charge in [0.25, 0.3) is 11.7 Å². The summed E-state index contributed by atoms with van der Waals surface area (Å²) in [6.45, 7) is 0.350. The molecule has 1 saturated heterocycles. The van der Waals surface area contributed by atoms with Gasteiger partial charge in [-0.1, -0.05) is 70.0 Å². The number of hydrogen-bond acceptors (Lipinski definition) is 3. The van der Waals surface area contributed by atoms with Crippen LogP contribution in [0.2, 0.25) is 5.02 Å².